The normalized spacial score (nSPS) is 27.6. The first-order chi connectivity index (χ1) is 7.89. The molecule has 2 N–H and O–H groups in total. The standard InChI is InChI=1S/C11H25N3O2S/c1-4-5-7-13(3)17(15,16)14-8-6-10(2)11(12)9-14/h10-11H,4-9,12H2,1-3H3. The lowest BCUT2D eigenvalue weighted by atomic mass is 9.96. The molecule has 0 aromatic rings. The molecule has 1 rings (SSSR count). The highest BCUT2D eigenvalue weighted by Crippen LogP contribution is 2.19. The molecule has 0 amide bonds. The minimum Gasteiger partial charge on any atom is -0.326 e. The fourth-order valence-corrected chi connectivity index (χ4v) is 3.42. The van der Waals surface area contributed by atoms with Crippen molar-refractivity contribution in [3.05, 3.63) is 0 Å². The van der Waals surface area contributed by atoms with Gasteiger partial charge in [0, 0.05) is 32.7 Å². The maximum Gasteiger partial charge on any atom is 0.281 e. The molecule has 102 valence electrons. The van der Waals surface area contributed by atoms with Crippen molar-refractivity contribution in [3.8, 4) is 0 Å². The van der Waals surface area contributed by atoms with Crippen molar-refractivity contribution in [2.75, 3.05) is 26.7 Å². The summed E-state index contributed by atoms with van der Waals surface area (Å²) in [7, 11) is -1.66. The minimum absolute atomic E-state index is 0.0434. The third kappa shape index (κ3) is 3.64. The summed E-state index contributed by atoms with van der Waals surface area (Å²) in [5.74, 6) is 0.405. The van der Waals surface area contributed by atoms with Crippen LogP contribution in [0.25, 0.3) is 0 Å². The number of nitrogens with two attached hydrogens (primary N) is 1. The lowest BCUT2D eigenvalue weighted by Gasteiger charge is -2.36. The molecule has 1 aliphatic rings. The van der Waals surface area contributed by atoms with Gasteiger partial charge in [0.1, 0.15) is 0 Å². The van der Waals surface area contributed by atoms with E-state index in [0.717, 1.165) is 19.3 Å². The average molecular weight is 263 g/mol. The molecule has 6 heteroatoms. The molecule has 1 aliphatic heterocycles. The summed E-state index contributed by atoms with van der Waals surface area (Å²) in [6.07, 6.45) is 2.74. The van der Waals surface area contributed by atoms with Crippen LogP contribution in [0.2, 0.25) is 0 Å². The van der Waals surface area contributed by atoms with Crippen LogP contribution in [0.1, 0.15) is 33.1 Å². The quantitative estimate of drug-likeness (QED) is 0.791. The molecular weight excluding hydrogens is 238 g/mol. The van der Waals surface area contributed by atoms with E-state index in [4.69, 9.17) is 5.73 Å². The summed E-state index contributed by atoms with van der Waals surface area (Å²) in [4.78, 5) is 0. The summed E-state index contributed by atoms with van der Waals surface area (Å²) < 4.78 is 27.4. The molecule has 0 aromatic heterocycles. The Balaban J connectivity index is 2.64. The Morgan fingerprint density at radius 3 is 2.65 bits per heavy atom. The molecule has 0 aliphatic carbocycles. The SMILES string of the molecule is CCCCN(C)S(=O)(=O)N1CCC(C)C(N)C1. The van der Waals surface area contributed by atoms with E-state index in [2.05, 4.69) is 13.8 Å². The van der Waals surface area contributed by atoms with Crippen LogP contribution < -0.4 is 5.73 Å². The molecule has 1 fully saturated rings. The number of rotatable bonds is 5. The molecule has 0 bridgehead atoms. The van der Waals surface area contributed by atoms with Gasteiger partial charge < -0.3 is 5.73 Å². The number of unbranched alkanes of at least 4 members (excludes halogenated alkanes) is 1. The van der Waals surface area contributed by atoms with Gasteiger partial charge >= 0.3 is 0 Å². The second kappa shape index (κ2) is 6.13. The first-order valence-electron chi connectivity index (χ1n) is 6.36. The van der Waals surface area contributed by atoms with E-state index in [0.29, 0.717) is 25.6 Å². The topological polar surface area (TPSA) is 66.6 Å². The lowest BCUT2D eigenvalue weighted by Crippen LogP contribution is -2.53. The zero-order valence-electron chi connectivity index (χ0n) is 11.1. The van der Waals surface area contributed by atoms with Crippen molar-refractivity contribution in [1.29, 1.82) is 0 Å². The Bertz CT molecular complexity index is 332. The van der Waals surface area contributed by atoms with Crippen molar-refractivity contribution < 1.29 is 8.42 Å². The Morgan fingerprint density at radius 1 is 1.47 bits per heavy atom. The van der Waals surface area contributed by atoms with Crippen LogP contribution in [-0.4, -0.2) is 49.8 Å². The Morgan fingerprint density at radius 2 is 2.12 bits per heavy atom. The number of hydrogen-bond acceptors (Lipinski definition) is 3. The van der Waals surface area contributed by atoms with Gasteiger partial charge in [-0.3, -0.25) is 0 Å². The number of hydrogen-bond donors (Lipinski definition) is 1. The van der Waals surface area contributed by atoms with Crippen LogP contribution in [0.15, 0.2) is 0 Å². The lowest BCUT2D eigenvalue weighted by molar-refractivity contribution is 0.240. The van der Waals surface area contributed by atoms with E-state index in [1.165, 1.54) is 8.61 Å². The summed E-state index contributed by atoms with van der Waals surface area (Å²) in [6.45, 7) is 5.75. The Labute approximate surface area is 105 Å². The summed E-state index contributed by atoms with van der Waals surface area (Å²) in [6, 6.07) is -0.0434. The zero-order chi connectivity index (χ0) is 13.1. The zero-order valence-corrected chi connectivity index (χ0v) is 11.9. The third-order valence-corrected chi connectivity index (χ3v) is 5.48. The molecule has 2 unspecified atom stereocenters. The van der Waals surface area contributed by atoms with Gasteiger partial charge in [0.25, 0.3) is 10.2 Å². The fraction of sp³-hybridized carbons (Fsp3) is 1.00. The highest BCUT2D eigenvalue weighted by Gasteiger charge is 2.33. The summed E-state index contributed by atoms with van der Waals surface area (Å²) in [5, 5.41) is 0. The summed E-state index contributed by atoms with van der Waals surface area (Å²) >= 11 is 0. The smallest absolute Gasteiger partial charge is 0.281 e. The largest absolute Gasteiger partial charge is 0.326 e. The van der Waals surface area contributed by atoms with Gasteiger partial charge in [-0.25, -0.2) is 0 Å². The summed E-state index contributed by atoms with van der Waals surface area (Å²) in [5.41, 5.74) is 5.94. The third-order valence-electron chi connectivity index (χ3n) is 3.53. The van der Waals surface area contributed by atoms with E-state index < -0.39 is 10.2 Å². The maximum absolute atomic E-state index is 12.2. The van der Waals surface area contributed by atoms with E-state index in [1.807, 2.05) is 0 Å². The number of nitrogens with zero attached hydrogens (tertiary/aromatic N) is 2. The molecular formula is C11H25N3O2S. The molecule has 0 radical (unpaired) electrons. The van der Waals surface area contributed by atoms with Crippen LogP contribution in [0.4, 0.5) is 0 Å². The van der Waals surface area contributed by atoms with Crippen molar-refractivity contribution in [1.82, 2.24) is 8.61 Å². The van der Waals surface area contributed by atoms with Crippen molar-refractivity contribution >= 4 is 10.2 Å². The molecule has 0 aromatic carbocycles. The second-order valence-corrected chi connectivity index (χ2v) is 7.01. The van der Waals surface area contributed by atoms with Crippen LogP contribution in [0.5, 0.6) is 0 Å². The maximum atomic E-state index is 12.2. The second-order valence-electron chi connectivity index (χ2n) is 4.97. The Kier molecular flexibility index (Phi) is 5.37. The van der Waals surface area contributed by atoms with Gasteiger partial charge in [-0.2, -0.15) is 17.0 Å². The van der Waals surface area contributed by atoms with Gasteiger partial charge in [0.05, 0.1) is 0 Å². The monoisotopic (exact) mass is 263 g/mol. The van der Waals surface area contributed by atoms with E-state index in [1.54, 1.807) is 7.05 Å². The first-order valence-corrected chi connectivity index (χ1v) is 7.76. The van der Waals surface area contributed by atoms with E-state index in [9.17, 15) is 8.42 Å². The predicted octanol–water partition coefficient (Wildman–Crippen LogP) is 0.632. The van der Waals surface area contributed by atoms with Gasteiger partial charge in [0.15, 0.2) is 0 Å². The molecule has 2 atom stereocenters. The fourth-order valence-electron chi connectivity index (χ4n) is 1.97. The van der Waals surface area contributed by atoms with Crippen LogP contribution in [0.3, 0.4) is 0 Å². The van der Waals surface area contributed by atoms with Crippen molar-refractivity contribution in [2.24, 2.45) is 11.7 Å². The molecule has 17 heavy (non-hydrogen) atoms. The van der Waals surface area contributed by atoms with Crippen molar-refractivity contribution in [3.63, 3.8) is 0 Å². The average Bonchev–Trinajstić information content (AvgIpc) is 2.29. The Hall–Kier alpha value is -0.170. The van der Waals surface area contributed by atoms with E-state index >= 15 is 0 Å². The van der Waals surface area contributed by atoms with Crippen LogP contribution in [-0.2, 0) is 10.2 Å². The van der Waals surface area contributed by atoms with Gasteiger partial charge in [-0.15, -0.1) is 0 Å². The molecule has 0 spiro atoms. The van der Waals surface area contributed by atoms with E-state index in [-0.39, 0.29) is 6.04 Å². The van der Waals surface area contributed by atoms with Crippen LogP contribution >= 0.6 is 0 Å². The van der Waals surface area contributed by atoms with Crippen LogP contribution in [0, 0.1) is 5.92 Å². The van der Waals surface area contributed by atoms with Gasteiger partial charge in [-0.1, -0.05) is 20.3 Å². The molecule has 1 saturated heterocycles. The molecule has 1 heterocycles. The predicted molar refractivity (Wildman–Crippen MR) is 69.8 cm³/mol. The highest BCUT2D eigenvalue weighted by molar-refractivity contribution is 7.86. The molecule has 0 saturated carbocycles. The minimum atomic E-state index is -3.30. The first kappa shape index (κ1) is 14.9. The highest BCUT2D eigenvalue weighted by atomic mass is 32.2. The van der Waals surface area contributed by atoms with Crippen molar-refractivity contribution in [2.45, 2.75) is 39.2 Å². The molecule has 5 nitrogen and oxygen atoms in total. The number of piperidine rings is 1. The van der Waals surface area contributed by atoms with Gasteiger partial charge in [0.2, 0.25) is 0 Å². The van der Waals surface area contributed by atoms with Gasteiger partial charge in [-0.05, 0) is 18.8 Å².